The summed E-state index contributed by atoms with van der Waals surface area (Å²) in [5.74, 6) is -2.76. The summed E-state index contributed by atoms with van der Waals surface area (Å²) in [6.07, 6.45) is -0.720. The van der Waals surface area contributed by atoms with E-state index in [4.69, 9.17) is 15.6 Å². The van der Waals surface area contributed by atoms with Crippen molar-refractivity contribution in [2.75, 3.05) is 66.5 Å². The fraction of sp³-hybridized carbons (Fsp3) is 0.882. The normalized spacial score (nSPS) is 11.0. The zero-order valence-corrected chi connectivity index (χ0v) is 17.4. The summed E-state index contributed by atoms with van der Waals surface area (Å²) in [4.78, 5) is 22.4. The van der Waals surface area contributed by atoms with Crippen LogP contribution in [0.2, 0.25) is 0 Å². The third-order valence-corrected chi connectivity index (χ3v) is 3.42. The van der Waals surface area contributed by atoms with Gasteiger partial charge in [0.05, 0.1) is 0 Å². The third kappa shape index (κ3) is 26.4. The summed E-state index contributed by atoms with van der Waals surface area (Å²) in [6, 6.07) is -0.0783. The Labute approximate surface area is 170 Å². The molecule has 174 valence electrons. The van der Waals surface area contributed by atoms with Crippen molar-refractivity contribution in [2.24, 2.45) is 5.73 Å². The number of carboxylic acid groups (broad SMARTS) is 1. The lowest BCUT2D eigenvalue weighted by atomic mass is 10.3. The first-order valence-electron chi connectivity index (χ1n) is 9.69. The highest BCUT2D eigenvalue weighted by Crippen LogP contribution is 2.13. The van der Waals surface area contributed by atoms with Crippen LogP contribution in [0.1, 0.15) is 25.7 Å². The molecule has 0 spiro atoms. The molecule has 0 unspecified atom stereocenters. The molecule has 0 heterocycles. The number of nitrogens with zero attached hydrogens (tertiary/aromatic N) is 1. The van der Waals surface area contributed by atoms with E-state index in [2.05, 4.69) is 21.3 Å². The minimum atomic E-state index is -5.08. The molecule has 0 saturated heterocycles. The first-order chi connectivity index (χ1) is 13.6. The van der Waals surface area contributed by atoms with E-state index in [1.165, 1.54) is 12.8 Å². The second-order valence-electron chi connectivity index (χ2n) is 6.49. The molecule has 2 amide bonds. The Morgan fingerprint density at radius 3 is 1.76 bits per heavy atom. The molecule has 29 heavy (non-hydrogen) atoms. The highest BCUT2D eigenvalue weighted by atomic mass is 19.4. The number of urea groups is 1. The minimum Gasteiger partial charge on any atom is -0.475 e. The van der Waals surface area contributed by atoms with Gasteiger partial charge < -0.3 is 37.0 Å². The summed E-state index contributed by atoms with van der Waals surface area (Å²) >= 11 is 0. The number of carbonyl (C=O) groups excluding carboxylic acids is 1. The van der Waals surface area contributed by atoms with Crippen LogP contribution in [0.4, 0.5) is 18.0 Å². The van der Waals surface area contributed by atoms with Crippen molar-refractivity contribution in [2.45, 2.75) is 31.9 Å². The van der Waals surface area contributed by atoms with Gasteiger partial charge in [-0.15, -0.1) is 0 Å². The van der Waals surface area contributed by atoms with Crippen molar-refractivity contribution in [3.05, 3.63) is 0 Å². The molecule has 0 aliphatic carbocycles. The van der Waals surface area contributed by atoms with E-state index in [1.54, 1.807) is 0 Å². The van der Waals surface area contributed by atoms with Crippen LogP contribution in [0.25, 0.3) is 0 Å². The van der Waals surface area contributed by atoms with Crippen LogP contribution in [0.3, 0.4) is 0 Å². The van der Waals surface area contributed by atoms with Gasteiger partial charge in [0.2, 0.25) is 0 Å². The molecule has 0 radical (unpaired) electrons. The SMILES string of the molecule is CN(C)CCNC(=O)NCCCNCCCCNCCCN.O=C(O)C(F)(F)F. The van der Waals surface area contributed by atoms with Gasteiger partial charge in [-0.25, -0.2) is 9.59 Å². The van der Waals surface area contributed by atoms with E-state index in [0.29, 0.717) is 13.1 Å². The highest BCUT2D eigenvalue weighted by Gasteiger charge is 2.38. The standard InChI is InChI=1S/C15H36N6O.C2HF3O2/c1-21(2)14-13-20-15(22)19-12-6-11-18-9-4-3-8-17-10-5-7-16;3-2(4,5)1(6)7/h17-18H,3-14,16H2,1-2H3,(H2,19,20,22);(H,6,7). The van der Waals surface area contributed by atoms with Crippen LogP contribution in [0.5, 0.6) is 0 Å². The van der Waals surface area contributed by atoms with Crippen molar-refractivity contribution in [3.8, 4) is 0 Å². The molecular weight excluding hydrogens is 393 g/mol. The van der Waals surface area contributed by atoms with Gasteiger partial charge in [0.15, 0.2) is 0 Å². The van der Waals surface area contributed by atoms with Gasteiger partial charge in [0.25, 0.3) is 0 Å². The van der Waals surface area contributed by atoms with Gasteiger partial charge in [-0.3, -0.25) is 0 Å². The molecule has 0 aliphatic heterocycles. The lowest BCUT2D eigenvalue weighted by molar-refractivity contribution is -0.192. The molecule has 0 aromatic rings. The van der Waals surface area contributed by atoms with E-state index in [9.17, 15) is 18.0 Å². The third-order valence-electron chi connectivity index (χ3n) is 3.42. The fourth-order valence-electron chi connectivity index (χ4n) is 1.85. The first kappa shape index (κ1) is 29.6. The molecule has 0 rings (SSSR count). The molecular formula is C17H37F3N6O3. The van der Waals surface area contributed by atoms with Crippen LogP contribution < -0.4 is 27.0 Å². The Morgan fingerprint density at radius 1 is 0.862 bits per heavy atom. The molecule has 0 aromatic carbocycles. The predicted molar refractivity (Wildman–Crippen MR) is 107 cm³/mol. The van der Waals surface area contributed by atoms with Crippen molar-refractivity contribution in [3.63, 3.8) is 0 Å². The number of halogens is 3. The molecule has 9 nitrogen and oxygen atoms in total. The number of alkyl halides is 3. The monoisotopic (exact) mass is 430 g/mol. The number of rotatable bonds is 15. The summed E-state index contributed by atoms with van der Waals surface area (Å²) in [5.41, 5.74) is 5.42. The average molecular weight is 431 g/mol. The van der Waals surface area contributed by atoms with Gasteiger partial charge in [-0.05, 0) is 72.5 Å². The van der Waals surface area contributed by atoms with Gasteiger partial charge in [0, 0.05) is 19.6 Å². The van der Waals surface area contributed by atoms with E-state index in [0.717, 1.165) is 52.1 Å². The fourth-order valence-corrected chi connectivity index (χ4v) is 1.85. The minimum absolute atomic E-state index is 0.0783. The lowest BCUT2D eigenvalue weighted by Gasteiger charge is -2.11. The number of unbranched alkanes of at least 4 members (excludes halogenated alkanes) is 1. The molecule has 0 bridgehead atoms. The lowest BCUT2D eigenvalue weighted by Crippen LogP contribution is -2.39. The Hall–Kier alpha value is -1.63. The maximum Gasteiger partial charge on any atom is 0.490 e. The number of aliphatic carboxylic acids is 1. The molecule has 0 aliphatic rings. The Morgan fingerprint density at radius 2 is 1.31 bits per heavy atom. The second kappa shape index (κ2) is 19.7. The quantitative estimate of drug-likeness (QED) is 0.204. The number of hydrogen-bond donors (Lipinski definition) is 6. The molecule has 12 heteroatoms. The maximum atomic E-state index is 11.4. The summed E-state index contributed by atoms with van der Waals surface area (Å²) in [5, 5.41) is 19.6. The Bertz CT molecular complexity index is 412. The summed E-state index contributed by atoms with van der Waals surface area (Å²) in [7, 11) is 3.98. The zero-order valence-electron chi connectivity index (χ0n) is 17.4. The van der Waals surface area contributed by atoms with Crippen LogP contribution >= 0.6 is 0 Å². The van der Waals surface area contributed by atoms with Crippen molar-refractivity contribution < 1.29 is 27.9 Å². The Balaban J connectivity index is 0. The Kier molecular flexibility index (Phi) is 20.1. The van der Waals surface area contributed by atoms with Crippen LogP contribution in [0, 0.1) is 0 Å². The summed E-state index contributed by atoms with van der Waals surface area (Å²) < 4.78 is 31.7. The molecule has 7 N–H and O–H groups in total. The van der Waals surface area contributed by atoms with Gasteiger partial charge in [0.1, 0.15) is 0 Å². The number of nitrogens with one attached hydrogen (secondary N) is 4. The molecule has 0 saturated carbocycles. The number of nitrogens with two attached hydrogens (primary N) is 1. The van der Waals surface area contributed by atoms with E-state index in [-0.39, 0.29) is 6.03 Å². The van der Waals surface area contributed by atoms with Crippen molar-refractivity contribution in [1.82, 2.24) is 26.2 Å². The molecule has 0 atom stereocenters. The highest BCUT2D eigenvalue weighted by molar-refractivity contribution is 5.73. The largest absolute Gasteiger partial charge is 0.490 e. The average Bonchev–Trinajstić information content (AvgIpc) is 2.62. The van der Waals surface area contributed by atoms with E-state index < -0.39 is 12.1 Å². The van der Waals surface area contributed by atoms with Crippen LogP contribution in [0.15, 0.2) is 0 Å². The van der Waals surface area contributed by atoms with Gasteiger partial charge >= 0.3 is 18.2 Å². The molecule has 0 fully saturated rings. The summed E-state index contributed by atoms with van der Waals surface area (Å²) in [6.45, 7) is 7.07. The zero-order chi connectivity index (χ0) is 22.5. The van der Waals surface area contributed by atoms with Gasteiger partial charge in [-0.2, -0.15) is 13.2 Å². The predicted octanol–water partition coefficient (Wildman–Crippen LogP) is 0.179. The number of carbonyl (C=O) groups is 2. The number of likely N-dealkylation sites (N-methyl/N-ethyl adjacent to an activating group) is 1. The van der Waals surface area contributed by atoms with Crippen LogP contribution in [-0.4, -0.2) is 94.6 Å². The van der Waals surface area contributed by atoms with Crippen LogP contribution in [-0.2, 0) is 4.79 Å². The second-order valence-corrected chi connectivity index (χ2v) is 6.49. The van der Waals surface area contributed by atoms with E-state index in [1.807, 2.05) is 19.0 Å². The first-order valence-corrected chi connectivity index (χ1v) is 9.69. The van der Waals surface area contributed by atoms with Gasteiger partial charge in [-0.1, -0.05) is 0 Å². The number of carboxylic acids is 1. The maximum absolute atomic E-state index is 11.4. The molecule has 0 aromatic heterocycles. The van der Waals surface area contributed by atoms with Crippen molar-refractivity contribution in [1.29, 1.82) is 0 Å². The van der Waals surface area contributed by atoms with E-state index >= 15 is 0 Å². The van der Waals surface area contributed by atoms with Crippen molar-refractivity contribution >= 4 is 12.0 Å². The number of amides is 2. The number of hydrogen-bond acceptors (Lipinski definition) is 6. The smallest absolute Gasteiger partial charge is 0.475 e. The topological polar surface area (TPSA) is 132 Å².